The summed E-state index contributed by atoms with van der Waals surface area (Å²) in [4.78, 5) is 51.2. The van der Waals surface area contributed by atoms with Crippen LogP contribution in [0.25, 0.3) is 0 Å². The molecule has 0 amide bonds. The number of hydrogen-bond donors (Lipinski definition) is 1. The van der Waals surface area contributed by atoms with Gasteiger partial charge in [-0.3, -0.25) is 19.2 Å². The predicted molar refractivity (Wildman–Crippen MR) is 137 cm³/mol. The molecule has 37 heavy (non-hydrogen) atoms. The van der Waals surface area contributed by atoms with Crippen LogP contribution in [-0.4, -0.2) is 64.7 Å². The normalized spacial score (nSPS) is 27.2. The van der Waals surface area contributed by atoms with E-state index < -0.39 is 81.3 Å². The highest BCUT2D eigenvalue weighted by Gasteiger charge is 2.60. The summed E-state index contributed by atoms with van der Waals surface area (Å²) in [6.07, 6.45) is -5.84. The average Bonchev–Trinajstić information content (AvgIpc) is 2.67. The number of carbonyl (C=O) groups excluding carboxylic acids is 4. The van der Waals surface area contributed by atoms with Crippen LogP contribution >= 0.6 is 15.9 Å². The zero-order valence-corrected chi connectivity index (χ0v) is 25.6. The van der Waals surface area contributed by atoms with E-state index in [2.05, 4.69) is 15.9 Å². The van der Waals surface area contributed by atoms with Crippen molar-refractivity contribution in [3.8, 4) is 0 Å². The van der Waals surface area contributed by atoms with Crippen molar-refractivity contribution in [3.05, 3.63) is 0 Å². The molecule has 1 heterocycles. The lowest BCUT2D eigenvalue weighted by molar-refractivity contribution is -0.313. The number of hydrogen-bond acceptors (Lipinski definition) is 10. The topological polar surface area (TPSA) is 135 Å². The third-order valence-corrected chi connectivity index (χ3v) is 5.84. The average molecular weight is 596 g/mol. The van der Waals surface area contributed by atoms with Gasteiger partial charge in [0.15, 0.2) is 12.2 Å². The van der Waals surface area contributed by atoms with Gasteiger partial charge >= 0.3 is 23.9 Å². The summed E-state index contributed by atoms with van der Waals surface area (Å²) in [6.45, 7) is 19.1. The molecule has 11 heteroatoms. The molecular formula is C26H43BrO10. The van der Waals surface area contributed by atoms with Gasteiger partial charge in [0, 0.05) is 0 Å². The molecule has 0 saturated carbocycles. The minimum Gasteiger partial charge on any atom is -0.462 e. The van der Waals surface area contributed by atoms with Crippen LogP contribution in [0.15, 0.2) is 0 Å². The Hall–Kier alpha value is -1.72. The van der Waals surface area contributed by atoms with Crippen molar-refractivity contribution in [2.24, 2.45) is 21.7 Å². The summed E-state index contributed by atoms with van der Waals surface area (Å²) in [5.41, 5.74) is -3.79. The molecule has 214 valence electrons. The van der Waals surface area contributed by atoms with E-state index in [0.717, 1.165) is 0 Å². The third kappa shape index (κ3) is 9.21. The molecule has 0 aliphatic carbocycles. The Morgan fingerprint density at radius 3 is 1.41 bits per heavy atom. The van der Waals surface area contributed by atoms with Crippen molar-refractivity contribution in [2.75, 3.05) is 6.61 Å². The van der Waals surface area contributed by atoms with E-state index in [1.54, 1.807) is 83.1 Å². The van der Waals surface area contributed by atoms with E-state index in [9.17, 15) is 24.3 Å². The molecule has 1 rings (SSSR count). The largest absolute Gasteiger partial charge is 0.462 e. The highest BCUT2D eigenvalue weighted by atomic mass is 79.9. The first-order valence-corrected chi connectivity index (χ1v) is 13.0. The van der Waals surface area contributed by atoms with Gasteiger partial charge in [0.25, 0.3) is 4.70 Å². The van der Waals surface area contributed by atoms with Gasteiger partial charge in [-0.1, -0.05) is 0 Å². The van der Waals surface area contributed by atoms with Crippen LogP contribution in [0, 0.1) is 21.7 Å². The van der Waals surface area contributed by atoms with E-state index in [1.807, 2.05) is 0 Å². The first-order chi connectivity index (χ1) is 16.3. The van der Waals surface area contributed by atoms with Gasteiger partial charge < -0.3 is 28.8 Å². The SMILES string of the molecule is CC(C)(C)C(=O)OC[C@H]1O[C@@](O)(Br)[C@H](OC(=O)C(C)(C)C)[C@@H](OC(=O)C(C)(C)C)[C@@H]1OC(=O)C(C)(C)C. The number of carbonyl (C=O) groups is 4. The Bertz CT molecular complexity index is 868. The molecule has 0 aromatic heterocycles. The molecule has 0 unspecified atom stereocenters. The molecule has 1 N–H and O–H groups in total. The monoisotopic (exact) mass is 594 g/mol. The maximum Gasteiger partial charge on any atom is 0.311 e. The highest BCUT2D eigenvalue weighted by Crippen LogP contribution is 2.40. The molecule has 0 aromatic rings. The quantitative estimate of drug-likeness (QED) is 0.283. The standard InChI is InChI=1S/C26H43BrO10/c1-22(2,3)18(28)33-13-14-15(34-19(29)23(4,5)6)16(35-20(30)24(7,8)9)17(26(27,32)37-14)36-21(31)25(10,11)12/h14-17,32H,13H2,1-12H3/t14-,15-,16+,17-,26-/m1/s1. The predicted octanol–water partition coefficient (Wildman–Crippen LogP) is 3.89. The fourth-order valence-electron chi connectivity index (χ4n) is 2.74. The van der Waals surface area contributed by atoms with Gasteiger partial charge in [-0.25, -0.2) is 0 Å². The van der Waals surface area contributed by atoms with Gasteiger partial charge in [-0.2, -0.15) is 0 Å². The Kier molecular flexibility index (Phi) is 10.1. The summed E-state index contributed by atoms with van der Waals surface area (Å²) < 4.78 is 25.8. The number of ether oxygens (including phenoxy) is 5. The van der Waals surface area contributed by atoms with E-state index in [0.29, 0.717) is 0 Å². The summed E-state index contributed by atoms with van der Waals surface area (Å²) in [7, 11) is 0. The van der Waals surface area contributed by atoms with Gasteiger partial charge in [0.05, 0.1) is 21.7 Å². The van der Waals surface area contributed by atoms with Crippen LogP contribution in [0.5, 0.6) is 0 Å². The summed E-state index contributed by atoms with van der Waals surface area (Å²) >= 11 is 3.04. The van der Waals surface area contributed by atoms with Crippen LogP contribution in [0.3, 0.4) is 0 Å². The smallest absolute Gasteiger partial charge is 0.311 e. The number of rotatable bonds is 5. The minimum absolute atomic E-state index is 0.449. The van der Waals surface area contributed by atoms with Gasteiger partial charge in [0.1, 0.15) is 12.7 Å². The van der Waals surface area contributed by atoms with Crippen LogP contribution in [0.2, 0.25) is 0 Å². The van der Waals surface area contributed by atoms with E-state index >= 15 is 0 Å². The Morgan fingerprint density at radius 2 is 1.03 bits per heavy atom. The van der Waals surface area contributed by atoms with E-state index in [1.165, 1.54) is 0 Å². The third-order valence-electron chi connectivity index (χ3n) is 5.20. The summed E-state index contributed by atoms with van der Waals surface area (Å²) in [5.74, 6) is -2.68. The van der Waals surface area contributed by atoms with Crippen molar-refractivity contribution >= 4 is 39.8 Å². The van der Waals surface area contributed by atoms with Crippen molar-refractivity contribution < 1.29 is 48.0 Å². The highest BCUT2D eigenvalue weighted by molar-refractivity contribution is 9.10. The van der Waals surface area contributed by atoms with Crippen molar-refractivity contribution in [2.45, 2.75) is 112 Å². The minimum atomic E-state index is -2.37. The first-order valence-electron chi connectivity index (χ1n) is 12.2. The summed E-state index contributed by atoms with van der Waals surface area (Å²) in [5, 5.41) is 11.2. The van der Waals surface area contributed by atoms with Crippen molar-refractivity contribution in [3.63, 3.8) is 0 Å². The Labute approximate surface area is 228 Å². The molecule has 10 nitrogen and oxygen atoms in total. The van der Waals surface area contributed by atoms with Gasteiger partial charge in [-0.15, -0.1) is 0 Å². The second-order valence-corrected chi connectivity index (χ2v) is 14.6. The first kappa shape index (κ1) is 33.3. The number of aliphatic hydroxyl groups is 1. The number of alkyl halides is 1. The van der Waals surface area contributed by atoms with Crippen molar-refractivity contribution in [1.82, 2.24) is 0 Å². The lowest BCUT2D eigenvalue weighted by atomic mass is 9.93. The maximum atomic E-state index is 13.0. The van der Waals surface area contributed by atoms with E-state index in [-0.39, 0.29) is 0 Å². The van der Waals surface area contributed by atoms with E-state index in [4.69, 9.17) is 23.7 Å². The van der Waals surface area contributed by atoms with Crippen LogP contribution in [0.4, 0.5) is 0 Å². The Balaban J connectivity index is 3.61. The van der Waals surface area contributed by atoms with Crippen LogP contribution < -0.4 is 0 Å². The second kappa shape index (κ2) is 11.2. The van der Waals surface area contributed by atoms with Crippen LogP contribution in [-0.2, 0) is 42.9 Å². The fourth-order valence-corrected chi connectivity index (χ4v) is 3.33. The van der Waals surface area contributed by atoms with Gasteiger partial charge in [0.2, 0.25) is 6.10 Å². The number of halogens is 1. The zero-order chi connectivity index (χ0) is 29.4. The maximum absolute atomic E-state index is 13.0. The lowest BCUT2D eigenvalue weighted by Gasteiger charge is -2.47. The molecule has 1 fully saturated rings. The molecule has 0 spiro atoms. The van der Waals surface area contributed by atoms with Crippen LogP contribution in [0.1, 0.15) is 83.1 Å². The number of esters is 4. The second-order valence-electron chi connectivity index (χ2n) is 13.4. The molecule has 5 atom stereocenters. The molecule has 1 aliphatic heterocycles. The Morgan fingerprint density at radius 1 is 0.676 bits per heavy atom. The summed E-state index contributed by atoms with van der Waals surface area (Å²) in [6, 6.07) is 0. The fraction of sp³-hybridized carbons (Fsp3) is 0.846. The molecule has 0 radical (unpaired) electrons. The molecule has 0 bridgehead atoms. The zero-order valence-electron chi connectivity index (χ0n) is 24.0. The molecule has 1 aliphatic rings. The lowest BCUT2D eigenvalue weighted by Crippen LogP contribution is -2.67. The molecular weight excluding hydrogens is 552 g/mol. The molecule has 0 aromatic carbocycles. The molecule has 1 saturated heterocycles. The van der Waals surface area contributed by atoms with Gasteiger partial charge in [-0.05, 0) is 99.0 Å². The van der Waals surface area contributed by atoms with Crippen molar-refractivity contribution in [1.29, 1.82) is 0 Å².